The third kappa shape index (κ3) is 6.27. The van der Waals surface area contributed by atoms with Gasteiger partial charge in [-0.1, -0.05) is 0 Å². The minimum atomic E-state index is -3.16. The minimum Gasteiger partial charge on any atom is -0.333 e. The molecule has 22 heavy (non-hydrogen) atoms. The third-order valence-electron chi connectivity index (χ3n) is 2.81. The smallest absolute Gasteiger partial charge is 0.319 e. The summed E-state index contributed by atoms with van der Waals surface area (Å²) in [6.07, 6.45) is 1.29. The van der Waals surface area contributed by atoms with Crippen molar-refractivity contribution in [3.05, 3.63) is 28.2 Å². The minimum absolute atomic E-state index is 0.0514. The van der Waals surface area contributed by atoms with E-state index in [1.54, 1.807) is 13.8 Å². The highest BCUT2D eigenvalue weighted by atomic mass is 79.9. The molecule has 0 unspecified atom stereocenters. The maximum atomic E-state index is 13.6. The Balaban J connectivity index is 2.72. The lowest BCUT2D eigenvalue weighted by Crippen LogP contribution is -2.46. The van der Waals surface area contributed by atoms with Crippen molar-refractivity contribution in [2.24, 2.45) is 0 Å². The molecule has 0 heterocycles. The number of carbonyl (C=O) groups is 1. The van der Waals surface area contributed by atoms with Crippen LogP contribution in [-0.2, 0) is 9.84 Å². The Morgan fingerprint density at radius 3 is 2.41 bits per heavy atom. The van der Waals surface area contributed by atoms with Crippen LogP contribution in [0.4, 0.5) is 19.3 Å². The number of hydrogen-bond donors (Lipinski definition) is 2. The summed E-state index contributed by atoms with van der Waals surface area (Å²) in [5.74, 6) is -1.60. The summed E-state index contributed by atoms with van der Waals surface area (Å²) in [7, 11) is -3.16. The number of amides is 2. The molecule has 0 radical (unpaired) electrons. The lowest BCUT2D eigenvalue weighted by atomic mass is 10.0. The van der Waals surface area contributed by atoms with Crippen molar-refractivity contribution in [3.8, 4) is 0 Å². The van der Waals surface area contributed by atoms with Crippen LogP contribution in [0, 0.1) is 11.6 Å². The molecule has 0 saturated heterocycles. The number of benzene rings is 1. The Kier molecular flexibility index (Phi) is 5.91. The Labute approximate surface area is 136 Å². The fraction of sp³-hybridized carbons (Fsp3) is 0.462. The highest BCUT2D eigenvalue weighted by Crippen LogP contribution is 2.23. The molecule has 1 aromatic rings. The highest BCUT2D eigenvalue weighted by molar-refractivity contribution is 9.10. The summed E-state index contributed by atoms with van der Waals surface area (Å²) >= 11 is 2.83. The molecule has 0 fully saturated rings. The van der Waals surface area contributed by atoms with Crippen molar-refractivity contribution in [1.29, 1.82) is 0 Å². The molecule has 1 rings (SSSR count). The number of carbonyl (C=O) groups excluding carboxylic acids is 1. The SMILES string of the molecule is CC(C)(CCS(C)(=O)=O)NC(=O)Nc1cc(F)c(Br)cc1F. The zero-order valence-electron chi connectivity index (χ0n) is 12.3. The second-order valence-electron chi connectivity index (χ2n) is 5.59. The van der Waals surface area contributed by atoms with E-state index < -0.39 is 33.0 Å². The van der Waals surface area contributed by atoms with Crippen LogP contribution in [-0.4, -0.2) is 32.0 Å². The second kappa shape index (κ2) is 6.91. The first kappa shape index (κ1) is 18.8. The Morgan fingerprint density at radius 1 is 1.27 bits per heavy atom. The van der Waals surface area contributed by atoms with E-state index in [9.17, 15) is 22.0 Å². The fourth-order valence-corrected chi connectivity index (χ4v) is 2.78. The van der Waals surface area contributed by atoms with Gasteiger partial charge in [-0.15, -0.1) is 0 Å². The van der Waals surface area contributed by atoms with Gasteiger partial charge in [-0.3, -0.25) is 0 Å². The molecule has 0 spiro atoms. The zero-order valence-corrected chi connectivity index (χ0v) is 14.7. The Hall–Kier alpha value is -1.22. The molecule has 2 amide bonds. The molecular weight excluding hydrogens is 382 g/mol. The van der Waals surface area contributed by atoms with Crippen LogP contribution in [0.3, 0.4) is 0 Å². The molecule has 0 aromatic heterocycles. The molecule has 9 heteroatoms. The largest absolute Gasteiger partial charge is 0.333 e. The number of urea groups is 1. The van der Waals surface area contributed by atoms with Gasteiger partial charge in [0.05, 0.1) is 15.9 Å². The van der Waals surface area contributed by atoms with Crippen molar-refractivity contribution in [3.63, 3.8) is 0 Å². The average Bonchev–Trinajstić information content (AvgIpc) is 2.32. The van der Waals surface area contributed by atoms with Crippen LogP contribution in [0.5, 0.6) is 0 Å². The molecule has 0 atom stereocenters. The lowest BCUT2D eigenvalue weighted by Gasteiger charge is -2.26. The molecule has 1 aromatic carbocycles. The van der Waals surface area contributed by atoms with Crippen LogP contribution in [0.15, 0.2) is 16.6 Å². The van der Waals surface area contributed by atoms with E-state index in [-0.39, 0.29) is 22.3 Å². The first-order valence-electron chi connectivity index (χ1n) is 6.31. The third-order valence-corrected chi connectivity index (χ3v) is 4.36. The number of nitrogens with one attached hydrogen (secondary N) is 2. The van der Waals surface area contributed by atoms with Crippen molar-refractivity contribution < 1.29 is 22.0 Å². The molecule has 0 aliphatic carbocycles. The molecule has 2 N–H and O–H groups in total. The predicted molar refractivity (Wildman–Crippen MR) is 84.6 cm³/mol. The Bertz CT molecular complexity index is 678. The zero-order chi connectivity index (χ0) is 17.1. The van der Waals surface area contributed by atoms with Gasteiger partial charge in [0.1, 0.15) is 21.5 Å². The van der Waals surface area contributed by atoms with Crippen molar-refractivity contribution >= 4 is 37.5 Å². The summed E-state index contributed by atoms with van der Waals surface area (Å²) in [6, 6.07) is 1.00. The van der Waals surface area contributed by atoms with E-state index >= 15 is 0 Å². The maximum Gasteiger partial charge on any atom is 0.319 e. The van der Waals surface area contributed by atoms with E-state index in [1.165, 1.54) is 0 Å². The molecule has 0 saturated carbocycles. The van der Waals surface area contributed by atoms with Gasteiger partial charge in [0.15, 0.2) is 0 Å². The monoisotopic (exact) mass is 398 g/mol. The quantitative estimate of drug-likeness (QED) is 0.748. The number of sulfone groups is 1. The van der Waals surface area contributed by atoms with Gasteiger partial charge in [0.2, 0.25) is 0 Å². The normalized spacial score (nSPS) is 12.1. The van der Waals surface area contributed by atoms with E-state index in [1.807, 2.05) is 0 Å². The summed E-state index contributed by atoms with van der Waals surface area (Å²) in [4.78, 5) is 11.8. The van der Waals surface area contributed by atoms with Gasteiger partial charge < -0.3 is 10.6 Å². The fourth-order valence-electron chi connectivity index (χ4n) is 1.58. The van der Waals surface area contributed by atoms with Crippen LogP contribution in [0.2, 0.25) is 0 Å². The summed E-state index contributed by atoms with van der Waals surface area (Å²) in [5, 5.41) is 4.72. The van der Waals surface area contributed by atoms with E-state index in [0.717, 1.165) is 18.4 Å². The van der Waals surface area contributed by atoms with Gasteiger partial charge >= 0.3 is 6.03 Å². The van der Waals surface area contributed by atoms with Gasteiger partial charge in [-0.05, 0) is 42.3 Å². The Morgan fingerprint density at radius 2 is 1.86 bits per heavy atom. The van der Waals surface area contributed by atoms with Crippen LogP contribution >= 0.6 is 15.9 Å². The molecule has 0 aliphatic heterocycles. The predicted octanol–water partition coefficient (Wildman–Crippen LogP) is 3.06. The lowest BCUT2D eigenvalue weighted by molar-refractivity contribution is 0.240. The van der Waals surface area contributed by atoms with Gasteiger partial charge in [0, 0.05) is 17.9 Å². The summed E-state index contributed by atoms with van der Waals surface area (Å²) < 4.78 is 49.2. The second-order valence-corrected chi connectivity index (χ2v) is 8.70. The molecular formula is C13H17BrF2N2O3S. The summed E-state index contributed by atoms with van der Waals surface area (Å²) in [6.45, 7) is 3.27. The topological polar surface area (TPSA) is 75.3 Å². The molecule has 0 bridgehead atoms. The highest BCUT2D eigenvalue weighted by Gasteiger charge is 2.23. The van der Waals surface area contributed by atoms with Crippen LogP contribution in [0.1, 0.15) is 20.3 Å². The molecule has 0 aliphatic rings. The number of rotatable bonds is 5. The number of halogens is 3. The van der Waals surface area contributed by atoms with Crippen molar-refractivity contribution in [1.82, 2.24) is 5.32 Å². The first-order valence-corrected chi connectivity index (χ1v) is 9.16. The van der Waals surface area contributed by atoms with E-state index in [4.69, 9.17) is 0 Å². The average molecular weight is 399 g/mol. The van der Waals surface area contributed by atoms with E-state index in [0.29, 0.717) is 0 Å². The molecule has 124 valence electrons. The first-order chi connectivity index (χ1) is 9.89. The number of anilines is 1. The molecule has 5 nitrogen and oxygen atoms in total. The maximum absolute atomic E-state index is 13.6. The number of hydrogen-bond acceptors (Lipinski definition) is 3. The van der Waals surface area contributed by atoms with Crippen LogP contribution < -0.4 is 10.6 Å². The summed E-state index contributed by atoms with van der Waals surface area (Å²) in [5.41, 5.74) is -1.13. The van der Waals surface area contributed by atoms with Gasteiger partial charge in [0.25, 0.3) is 0 Å². The van der Waals surface area contributed by atoms with Crippen LogP contribution in [0.25, 0.3) is 0 Å². The standard InChI is InChI=1S/C13H17BrF2N2O3S/c1-13(2,4-5-22(3,20)21)18-12(19)17-11-7-9(15)8(14)6-10(11)16/h6-7H,4-5H2,1-3H3,(H2,17,18,19). The van der Waals surface area contributed by atoms with Crippen molar-refractivity contribution in [2.75, 3.05) is 17.3 Å². The van der Waals surface area contributed by atoms with Gasteiger partial charge in [-0.2, -0.15) is 0 Å². The van der Waals surface area contributed by atoms with E-state index in [2.05, 4.69) is 26.6 Å². The van der Waals surface area contributed by atoms with Crippen molar-refractivity contribution in [2.45, 2.75) is 25.8 Å². The van der Waals surface area contributed by atoms with Gasteiger partial charge in [-0.25, -0.2) is 22.0 Å².